The van der Waals surface area contributed by atoms with Crippen molar-refractivity contribution in [2.24, 2.45) is 5.73 Å². The molecule has 1 rings (SSSR count). The fourth-order valence-corrected chi connectivity index (χ4v) is 1.16. The van der Waals surface area contributed by atoms with Crippen molar-refractivity contribution >= 4 is 5.91 Å². The van der Waals surface area contributed by atoms with Gasteiger partial charge in [-0.05, 0) is 12.1 Å². The molecular weight excluding hydrogens is 208 g/mol. The summed E-state index contributed by atoms with van der Waals surface area (Å²) in [6.45, 7) is 0.773. The number of hydrogen-bond acceptors (Lipinski definition) is 4. The molecule has 5 heteroatoms. The summed E-state index contributed by atoms with van der Waals surface area (Å²) in [4.78, 5) is 11.5. The number of amides is 1. The summed E-state index contributed by atoms with van der Waals surface area (Å²) in [6.07, 6.45) is 3.45. The molecule has 86 valence electrons. The van der Waals surface area contributed by atoms with Crippen molar-refractivity contribution in [3.8, 4) is 11.5 Å². The van der Waals surface area contributed by atoms with Crippen LogP contribution in [-0.2, 0) is 0 Å². The molecule has 5 nitrogen and oxygen atoms in total. The largest absolute Gasteiger partial charge is 0.508 e. The summed E-state index contributed by atoms with van der Waals surface area (Å²) < 4.78 is 0. The van der Waals surface area contributed by atoms with Crippen molar-refractivity contribution in [3.05, 3.63) is 35.9 Å². The first-order valence-corrected chi connectivity index (χ1v) is 4.80. The smallest absolute Gasteiger partial charge is 0.251 e. The van der Waals surface area contributed by atoms with Crippen LogP contribution in [-0.4, -0.2) is 29.2 Å². The van der Waals surface area contributed by atoms with Crippen LogP contribution in [0.3, 0.4) is 0 Å². The molecule has 1 aromatic rings. The molecule has 0 aliphatic rings. The van der Waals surface area contributed by atoms with Crippen LogP contribution in [0.4, 0.5) is 0 Å². The third-order valence-electron chi connectivity index (χ3n) is 1.85. The number of phenols is 2. The maximum Gasteiger partial charge on any atom is 0.251 e. The molecule has 1 aromatic carbocycles. The van der Waals surface area contributed by atoms with E-state index in [0.29, 0.717) is 13.1 Å². The first-order chi connectivity index (χ1) is 7.63. The Hall–Kier alpha value is -2.01. The minimum Gasteiger partial charge on any atom is -0.508 e. The molecule has 0 aliphatic carbocycles. The second-order valence-electron chi connectivity index (χ2n) is 3.16. The summed E-state index contributed by atoms with van der Waals surface area (Å²) in [5.74, 6) is -0.668. The molecule has 0 bridgehead atoms. The lowest BCUT2D eigenvalue weighted by atomic mass is 10.2. The molecule has 0 heterocycles. The highest BCUT2D eigenvalue weighted by Crippen LogP contribution is 2.20. The Bertz CT molecular complexity index is 382. The van der Waals surface area contributed by atoms with E-state index in [1.54, 1.807) is 12.2 Å². The summed E-state index contributed by atoms with van der Waals surface area (Å²) >= 11 is 0. The van der Waals surface area contributed by atoms with Gasteiger partial charge in [-0.15, -0.1) is 0 Å². The maximum absolute atomic E-state index is 11.5. The van der Waals surface area contributed by atoms with Gasteiger partial charge in [-0.2, -0.15) is 0 Å². The van der Waals surface area contributed by atoms with Gasteiger partial charge in [-0.3, -0.25) is 4.79 Å². The summed E-state index contributed by atoms with van der Waals surface area (Å²) in [7, 11) is 0. The van der Waals surface area contributed by atoms with Crippen LogP contribution in [0.1, 0.15) is 10.4 Å². The molecule has 0 radical (unpaired) electrons. The van der Waals surface area contributed by atoms with Crippen LogP contribution in [0, 0.1) is 0 Å². The van der Waals surface area contributed by atoms with E-state index >= 15 is 0 Å². The molecule has 0 aliphatic heterocycles. The summed E-state index contributed by atoms with van der Waals surface area (Å²) in [6, 6.07) is 3.72. The first kappa shape index (κ1) is 12.1. The van der Waals surface area contributed by atoms with E-state index in [2.05, 4.69) is 5.32 Å². The fourth-order valence-electron chi connectivity index (χ4n) is 1.16. The van der Waals surface area contributed by atoms with E-state index in [-0.39, 0.29) is 23.0 Å². The SMILES string of the molecule is NC/C=C/CNC(=O)c1cc(O)cc(O)c1. The van der Waals surface area contributed by atoms with Gasteiger partial charge in [0.25, 0.3) is 5.91 Å². The zero-order valence-corrected chi connectivity index (χ0v) is 8.68. The predicted octanol–water partition coefficient (Wildman–Crippen LogP) is 0.343. The van der Waals surface area contributed by atoms with Crippen LogP contribution in [0.2, 0.25) is 0 Å². The van der Waals surface area contributed by atoms with Gasteiger partial charge in [0.1, 0.15) is 11.5 Å². The highest BCUT2D eigenvalue weighted by Gasteiger charge is 2.06. The standard InChI is InChI=1S/C11H14N2O3/c12-3-1-2-4-13-11(16)8-5-9(14)7-10(15)6-8/h1-2,5-7,14-15H,3-4,12H2,(H,13,16)/b2-1+. The third kappa shape index (κ3) is 3.62. The van der Waals surface area contributed by atoms with Gasteiger partial charge in [0.15, 0.2) is 0 Å². The van der Waals surface area contributed by atoms with Gasteiger partial charge in [0.05, 0.1) is 0 Å². The lowest BCUT2D eigenvalue weighted by molar-refractivity contribution is 0.0957. The molecule has 0 fully saturated rings. The lowest BCUT2D eigenvalue weighted by Gasteiger charge is -2.03. The zero-order valence-electron chi connectivity index (χ0n) is 8.68. The molecule has 0 spiro atoms. The highest BCUT2D eigenvalue weighted by molar-refractivity contribution is 5.95. The Morgan fingerprint density at radius 3 is 2.44 bits per heavy atom. The minimum atomic E-state index is -0.368. The van der Waals surface area contributed by atoms with Crippen molar-refractivity contribution in [2.45, 2.75) is 0 Å². The van der Waals surface area contributed by atoms with Crippen LogP contribution >= 0.6 is 0 Å². The van der Waals surface area contributed by atoms with Crippen molar-refractivity contribution < 1.29 is 15.0 Å². The van der Waals surface area contributed by atoms with Crippen molar-refractivity contribution in [3.63, 3.8) is 0 Å². The Kier molecular flexibility index (Phi) is 4.35. The van der Waals surface area contributed by atoms with Crippen LogP contribution in [0.5, 0.6) is 11.5 Å². The van der Waals surface area contributed by atoms with E-state index in [1.807, 2.05) is 0 Å². The number of nitrogens with one attached hydrogen (secondary N) is 1. The fraction of sp³-hybridized carbons (Fsp3) is 0.182. The maximum atomic E-state index is 11.5. The van der Waals surface area contributed by atoms with E-state index in [4.69, 9.17) is 5.73 Å². The van der Waals surface area contributed by atoms with Crippen molar-refractivity contribution in [2.75, 3.05) is 13.1 Å². The minimum absolute atomic E-state index is 0.150. The molecule has 5 N–H and O–H groups in total. The van der Waals surface area contributed by atoms with Gasteiger partial charge in [0.2, 0.25) is 0 Å². The Labute approximate surface area is 93.2 Å². The van der Waals surface area contributed by atoms with E-state index in [0.717, 1.165) is 6.07 Å². The number of aromatic hydroxyl groups is 2. The lowest BCUT2D eigenvalue weighted by Crippen LogP contribution is -2.23. The van der Waals surface area contributed by atoms with Gasteiger partial charge in [-0.1, -0.05) is 12.2 Å². The van der Waals surface area contributed by atoms with Gasteiger partial charge in [-0.25, -0.2) is 0 Å². The van der Waals surface area contributed by atoms with Crippen LogP contribution < -0.4 is 11.1 Å². The summed E-state index contributed by atoms with van der Waals surface area (Å²) in [5, 5.41) is 20.9. The molecule has 0 unspecified atom stereocenters. The Morgan fingerprint density at radius 2 is 1.88 bits per heavy atom. The Balaban J connectivity index is 2.62. The normalized spacial score (nSPS) is 10.6. The molecule has 16 heavy (non-hydrogen) atoms. The van der Waals surface area contributed by atoms with Crippen LogP contribution in [0.15, 0.2) is 30.4 Å². The van der Waals surface area contributed by atoms with Crippen molar-refractivity contribution in [1.82, 2.24) is 5.32 Å². The second-order valence-corrected chi connectivity index (χ2v) is 3.16. The van der Waals surface area contributed by atoms with Crippen LogP contribution in [0.25, 0.3) is 0 Å². The van der Waals surface area contributed by atoms with E-state index in [1.165, 1.54) is 12.1 Å². The molecule has 0 atom stereocenters. The summed E-state index contributed by atoms with van der Waals surface area (Å²) in [5.41, 5.74) is 5.44. The second kappa shape index (κ2) is 5.77. The third-order valence-corrected chi connectivity index (χ3v) is 1.85. The predicted molar refractivity (Wildman–Crippen MR) is 60.3 cm³/mol. The number of rotatable bonds is 4. The molecule has 0 saturated carbocycles. The number of phenolic OH excluding ortho intramolecular Hbond substituents is 2. The number of carbonyl (C=O) groups excluding carboxylic acids is 1. The van der Waals surface area contributed by atoms with Gasteiger partial charge < -0.3 is 21.3 Å². The average molecular weight is 222 g/mol. The number of carbonyl (C=O) groups is 1. The van der Waals surface area contributed by atoms with E-state index in [9.17, 15) is 15.0 Å². The highest BCUT2D eigenvalue weighted by atomic mass is 16.3. The monoisotopic (exact) mass is 222 g/mol. The Morgan fingerprint density at radius 1 is 1.25 bits per heavy atom. The molecule has 0 aromatic heterocycles. The zero-order chi connectivity index (χ0) is 12.0. The quantitative estimate of drug-likeness (QED) is 0.552. The molecular formula is C11H14N2O3. The van der Waals surface area contributed by atoms with Gasteiger partial charge in [0, 0.05) is 24.7 Å². The van der Waals surface area contributed by atoms with Gasteiger partial charge >= 0.3 is 0 Å². The van der Waals surface area contributed by atoms with E-state index < -0.39 is 0 Å². The average Bonchev–Trinajstić information content (AvgIpc) is 2.22. The number of benzene rings is 1. The molecule has 1 amide bonds. The number of hydrogen-bond donors (Lipinski definition) is 4. The topological polar surface area (TPSA) is 95.6 Å². The molecule has 0 saturated heterocycles. The van der Waals surface area contributed by atoms with Crippen molar-refractivity contribution in [1.29, 1.82) is 0 Å². The number of nitrogens with two attached hydrogens (primary N) is 1. The first-order valence-electron chi connectivity index (χ1n) is 4.80.